The molecule has 10 nitrogen and oxygen atoms in total. The lowest BCUT2D eigenvalue weighted by Crippen LogP contribution is -2.45. The highest BCUT2D eigenvalue weighted by Crippen LogP contribution is 2.42. The molecule has 1 saturated heterocycles. The Labute approximate surface area is 205 Å². The van der Waals surface area contributed by atoms with E-state index in [-0.39, 0.29) is 28.6 Å². The minimum absolute atomic E-state index is 0.0163. The number of carbonyl (C=O) groups is 1. The topological polar surface area (TPSA) is 118 Å². The fraction of sp³-hybridized carbons (Fsp3) is 0.435. The quantitative estimate of drug-likeness (QED) is 0.384. The summed E-state index contributed by atoms with van der Waals surface area (Å²) >= 11 is 0. The van der Waals surface area contributed by atoms with Gasteiger partial charge in [0.2, 0.25) is 5.95 Å². The van der Waals surface area contributed by atoms with Crippen LogP contribution in [0.15, 0.2) is 30.7 Å². The summed E-state index contributed by atoms with van der Waals surface area (Å²) in [6, 6.07) is 3.12. The first-order valence-electron chi connectivity index (χ1n) is 11.2. The molecule has 1 atom stereocenters. The van der Waals surface area contributed by atoms with Gasteiger partial charge in [0.05, 0.1) is 25.1 Å². The van der Waals surface area contributed by atoms with Crippen molar-refractivity contribution in [3.05, 3.63) is 30.7 Å². The van der Waals surface area contributed by atoms with Crippen molar-refractivity contribution in [2.75, 3.05) is 25.1 Å². The van der Waals surface area contributed by atoms with E-state index in [1.54, 1.807) is 6.07 Å². The number of nitrogens with one attached hydrogen (secondary N) is 2. The van der Waals surface area contributed by atoms with Crippen LogP contribution in [0.4, 0.5) is 19.1 Å². The molecule has 1 unspecified atom stereocenters. The first kappa shape index (κ1) is 25.4. The van der Waals surface area contributed by atoms with Crippen LogP contribution in [0.1, 0.15) is 27.2 Å². The van der Waals surface area contributed by atoms with Crippen molar-refractivity contribution >= 4 is 11.9 Å². The average Bonchev–Trinajstić information content (AvgIpc) is 3.49. The van der Waals surface area contributed by atoms with Crippen LogP contribution in [0.5, 0.6) is 11.5 Å². The zero-order valence-electron chi connectivity index (χ0n) is 20.2. The lowest BCUT2D eigenvalue weighted by molar-refractivity contribution is -0.189. The second-order valence-electron chi connectivity index (χ2n) is 9.40. The molecule has 3 heterocycles. The number of halogens is 3. The molecule has 1 aliphatic rings. The second kappa shape index (κ2) is 9.72. The van der Waals surface area contributed by atoms with Crippen LogP contribution in [0.2, 0.25) is 0 Å². The Kier molecular flexibility index (Phi) is 6.85. The zero-order chi connectivity index (χ0) is 26.1. The van der Waals surface area contributed by atoms with E-state index >= 15 is 0 Å². The lowest BCUT2D eigenvalue weighted by atomic mass is 10.0. The summed E-state index contributed by atoms with van der Waals surface area (Å²) in [6.45, 7) is 7.70. The van der Waals surface area contributed by atoms with Gasteiger partial charge in [0.15, 0.2) is 0 Å². The van der Waals surface area contributed by atoms with E-state index in [1.165, 1.54) is 31.8 Å². The van der Waals surface area contributed by atoms with Gasteiger partial charge in [-0.2, -0.15) is 18.3 Å². The van der Waals surface area contributed by atoms with Gasteiger partial charge in [-0.15, -0.1) is 10.2 Å². The Morgan fingerprint density at radius 2 is 1.89 bits per heavy atom. The van der Waals surface area contributed by atoms with Gasteiger partial charge in [-0.05, 0) is 44.9 Å². The van der Waals surface area contributed by atoms with Crippen LogP contribution in [0.25, 0.3) is 22.4 Å². The molecular formula is C23H26F3N7O3. The summed E-state index contributed by atoms with van der Waals surface area (Å²) in [5.41, 5.74) is 1.04. The largest absolute Gasteiger partial charge is 0.496 e. The van der Waals surface area contributed by atoms with E-state index in [9.17, 15) is 18.0 Å². The number of esters is 1. The van der Waals surface area contributed by atoms with E-state index in [0.717, 1.165) is 13.0 Å². The Balaban J connectivity index is 1.67. The summed E-state index contributed by atoms with van der Waals surface area (Å²) in [5, 5.41) is 18.4. The summed E-state index contributed by atoms with van der Waals surface area (Å²) in [5.74, 6) is -2.26. The van der Waals surface area contributed by atoms with Crippen molar-refractivity contribution in [3.8, 4) is 33.9 Å². The molecule has 0 saturated carbocycles. The molecule has 0 spiro atoms. The first-order valence-corrected chi connectivity index (χ1v) is 11.2. The maximum atomic E-state index is 13.0. The van der Waals surface area contributed by atoms with Gasteiger partial charge in [0, 0.05) is 36.4 Å². The van der Waals surface area contributed by atoms with Crippen molar-refractivity contribution in [2.24, 2.45) is 0 Å². The molecule has 1 aliphatic heterocycles. The van der Waals surface area contributed by atoms with Crippen molar-refractivity contribution in [1.29, 1.82) is 0 Å². The standard InChI is InChI=1S/C23H26F3N7O3/c1-22(2,3)30-15-5-6-33(12-15)21-27-11-16(31-32-21)19-17(35-4)7-13(14-9-28-29-10-14)8-18(19)36-20(34)23(24,25)26/h7-11,15,30H,5-6,12H2,1-4H3,(H,28,29). The molecule has 1 fully saturated rings. The van der Waals surface area contributed by atoms with Crippen molar-refractivity contribution in [2.45, 2.75) is 44.9 Å². The van der Waals surface area contributed by atoms with Gasteiger partial charge in [0.1, 0.15) is 17.2 Å². The number of alkyl halides is 3. The molecule has 0 bridgehead atoms. The van der Waals surface area contributed by atoms with Crippen molar-refractivity contribution < 1.29 is 27.4 Å². The van der Waals surface area contributed by atoms with Crippen LogP contribution in [-0.4, -0.2) is 69.3 Å². The van der Waals surface area contributed by atoms with E-state index in [1.807, 2.05) is 4.90 Å². The van der Waals surface area contributed by atoms with Crippen LogP contribution >= 0.6 is 0 Å². The van der Waals surface area contributed by atoms with Crippen molar-refractivity contribution in [1.82, 2.24) is 30.7 Å². The number of rotatable bonds is 6. The Bertz CT molecular complexity index is 1210. The van der Waals surface area contributed by atoms with E-state index in [2.05, 4.69) is 51.5 Å². The van der Waals surface area contributed by atoms with Crippen molar-refractivity contribution in [3.63, 3.8) is 0 Å². The number of hydrogen-bond acceptors (Lipinski definition) is 9. The predicted octanol–water partition coefficient (Wildman–Crippen LogP) is 3.37. The number of benzene rings is 1. The van der Waals surface area contributed by atoms with Crippen LogP contribution < -0.4 is 19.7 Å². The highest BCUT2D eigenvalue weighted by molar-refractivity contribution is 5.85. The summed E-state index contributed by atoms with van der Waals surface area (Å²) in [4.78, 5) is 18.1. The summed E-state index contributed by atoms with van der Waals surface area (Å²) < 4.78 is 49.2. The normalized spacial score (nSPS) is 16.3. The number of methoxy groups -OCH3 is 1. The number of carbonyl (C=O) groups excluding carboxylic acids is 1. The molecule has 36 heavy (non-hydrogen) atoms. The molecule has 192 valence electrons. The minimum Gasteiger partial charge on any atom is -0.496 e. The smallest absolute Gasteiger partial charge is 0.491 e. The van der Waals surface area contributed by atoms with Gasteiger partial charge in [-0.1, -0.05) is 0 Å². The zero-order valence-corrected chi connectivity index (χ0v) is 20.2. The van der Waals surface area contributed by atoms with Gasteiger partial charge in [-0.25, -0.2) is 9.78 Å². The van der Waals surface area contributed by atoms with Gasteiger partial charge in [0.25, 0.3) is 0 Å². The highest BCUT2D eigenvalue weighted by Gasteiger charge is 2.42. The fourth-order valence-corrected chi connectivity index (χ4v) is 4.02. The summed E-state index contributed by atoms with van der Waals surface area (Å²) in [7, 11) is 1.34. The van der Waals surface area contributed by atoms with E-state index < -0.39 is 17.9 Å². The second-order valence-corrected chi connectivity index (χ2v) is 9.40. The van der Waals surface area contributed by atoms with Gasteiger partial charge >= 0.3 is 12.1 Å². The Morgan fingerprint density at radius 3 is 2.47 bits per heavy atom. The molecule has 0 aliphatic carbocycles. The number of nitrogens with zero attached hydrogens (tertiary/aromatic N) is 5. The third-order valence-corrected chi connectivity index (χ3v) is 5.47. The SMILES string of the molecule is COc1cc(-c2cn[nH]c2)cc(OC(=O)C(F)(F)F)c1-c1cnc(N2CCC(NC(C)(C)C)C2)nn1. The van der Waals surface area contributed by atoms with Gasteiger partial charge in [-0.3, -0.25) is 5.10 Å². The maximum absolute atomic E-state index is 13.0. The number of hydrogen-bond donors (Lipinski definition) is 2. The number of aromatic amines is 1. The van der Waals surface area contributed by atoms with E-state index in [0.29, 0.717) is 23.6 Å². The highest BCUT2D eigenvalue weighted by atomic mass is 19.4. The first-order chi connectivity index (χ1) is 16.9. The van der Waals surface area contributed by atoms with Crippen LogP contribution in [-0.2, 0) is 4.79 Å². The molecule has 0 radical (unpaired) electrons. The lowest BCUT2D eigenvalue weighted by Gasteiger charge is -2.25. The predicted molar refractivity (Wildman–Crippen MR) is 125 cm³/mol. The third-order valence-electron chi connectivity index (χ3n) is 5.47. The average molecular weight is 506 g/mol. The Morgan fingerprint density at radius 1 is 1.14 bits per heavy atom. The fourth-order valence-electron chi connectivity index (χ4n) is 4.02. The van der Waals surface area contributed by atoms with Crippen LogP contribution in [0, 0.1) is 0 Å². The number of aromatic nitrogens is 5. The molecular weight excluding hydrogens is 479 g/mol. The maximum Gasteiger partial charge on any atom is 0.491 e. The van der Waals surface area contributed by atoms with Gasteiger partial charge < -0.3 is 19.7 Å². The minimum atomic E-state index is -5.20. The molecule has 0 amide bonds. The molecule has 13 heteroatoms. The molecule has 4 rings (SSSR count). The molecule has 2 N–H and O–H groups in total. The molecule has 2 aromatic heterocycles. The Hall–Kier alpha value is -3.74. The summed E-state index contributed by atoms with van der Waals surface area (Å²) in [6.07, 6.45) is 0.0866. The molecule has 3 aromatic rings. The van der Waals surface area contributed by atoms with Crippen LogP contribution in [0.3, 0.4) is 0 Å². The monoisotopic (exact) mass is 505 g/mol. The number of anilines is 1. The number of H-pyrrole nitrogens is 1. The van der Waals surface area contributed by atoms with E-state index in [4.69, 9.17) is 9.47 Å². The third kappa shape index (κ3) is 5.73. The molecule has 1 aromatic carbocycles. The number of ether oxygens (including phenoxy) is 2.